The van der Waals surface area contributed by atoms with E-state index < -0.39 is 0 Å². The van der Waals surface area contributed by atoms with Crippen LogP contribution in [0.5, 0.6) is 0 Å². The van der Waals surface area contributed by atoms with E-state index in [0.29, 0.717) is 11.3 Å². The van der Waals surface area contributed by atoms with Gasteiger partial charge < -0.3 is 10.6 Å². The van der Waals surface area contributed by atoms with E-state index in [0.717, 1.165) is 11.3 Å². The van der Waals surface area contributed by atoms with E-state index >= 15 is 0 Å². The summed E-state index contributed by atoms with van der Waals surface area (Å²) in [6, 6.07) is 8.93. The number of benzene rings is 1. The Morgan fingerprint density at radius 3 is 2.56 bits per heavy atom. The molecule has 0 aliphatic rings. The van der Waals surface area contributed by atoms with Gasteiger partial charge in [0.2, 0.25) is 0 Å². The predicted molar refractivity (Wildman–Crippen MR) is 72.6 cm³/mol. The molecule has 1 amide bonds. The molecule has 1 heterocycles. The smallest absolute Gasteiger partial charge is 0.258 e. The lowest BCUT2D eigenvalue weighted by Gasteiger charge is -2.18. The molecule has 18 heavy (non-hydrogen) atoms. The fraction of sp³-hybridized carbons (Fsp3) is 0.143. The Balaban J connectivity index is 2.34. The lowest BCUT2D eigenvalue weighted by atomic mass is 10.1. The number of carbonyl (C=O) groups excluding carboxylic acids is 1. The fourth-order valence-corrected chi connectivity index (χ4v) is 1.74. The van der Waals surface area contributed by atoms with Gasteiger partial charge in [-0.3, -0.25) is 9.78 Å². The van der Waals surface area contributed by atoms with Crippen LogP contribution in [0.2, 0.25) is 0 Å². The van der Waals surface area contributed by atoms with E-state index in [2.05, 4.69) is 4.98 Å². The standard InChI is InChI=1S/C14H15N3O/c1-10-3-4-11(15)9-13(10)14(18)17(2)12-5-7-16-8-6-12/h3-9H,15H2,1-2H3. The number of nitrogen functional groups attached to an aromatic ring is 1. The van der Waals surface area contributed by atoms with Gasteiger partial charge in [-0.1, -0.05) is 6.07 Å². The average molecular weight is 241 g/mol. The van der Waals surface area contributed by atoms with Gasteiger partial charge in [-0.05, 0) is 36.8 Å². The third-order valence-corrected chi connectivity index (χ3v) is 2.85. The molecule has 2 rings (SSSR count). The molecule has 0 saturated carbocycles. The Bertz CT molecular complexity index is 567. The zero-order valence-electron chi connectivity index (χ0n) is 10.4. The largest absolute Gasteiger partial charge is 0.399 e. The number of pyridine rings is 1. The molecule has 92 valence electrons. The predicted octanol–water partition coefficient (Wildman–Crippen LogP) is 2.25. The SMILES string of the molecule is Cc1ccc(N)cc1C(=O)N(C)c1ccncc1. The second-order valence-corrected chi connectivity index (χ2v) is 4.14. The first-order chi connectivity index (χ1) is 8.59. The van der Waals surface area contributed by atoms with E-state index in [4.69, 9.17) is 5.73 Å². The number of hydrogen-bond acceptors (Lipinski definition) is 3. The molecular weight excluding hydrogens is 226 g/mol. The van der Waals surface area contributed by atoms with Crippen molar-refractivity contribution in [1.82, 2.24) is 4.98 Å². The minimum atomic E-state index is -0.0778. The van der Waals surface area contributed by atoms with Gasteiger partial charge in [-0.15, -0.1) is 0 Å². The van der Waals surface area contributed by atoms with E-state index in [-0.39, 0.29) is 5.91 Å². The third-order valence-electron chi connectivity index (χ3n) is 2.85. The van der Waals surface area contributed by atoms with Crippen LogP contribution in [-0.4, -0.2) is 17.9 Å². The highest BCUT2D eigenvalue weighted by molar-refractivity contribution is 6.07. The third kappa shape index (κ3) is 2.32. The van der Waals surface area contributed by atoms with Crippen LogP contribution in [0.3, 0.4) is 0 Å². The summed E-state index contributed by atoms with van der Waals surface area (Å²) in [5.41, 5.74) is 8.65. The van der Waals surface area contributed by atoms with Crippen LogP contribution in [0.15, 0.2) is 42.7 Å². The Labute approximate surface area is 106 Å². The summed E-state index contributed by atoms with van der Waals surface area (Å²) in [6.07, 6.45) is 3.32. The van der Waals surface area contributed by atoms with E-state index in [1.807, 2.05) is 13.0 Å². The van der Waals surface area contributed by atoms with Crippen LogP contribution in [0, 0.1) is 6.92 Å². The molecule has 0 radical (unpaired) electrons. The van der Waals surface area contributed by atoms with Crippen molar-refractivity contribution in [1.29, 1.82) is 0 Å². The summed E-state index contributed by atoms with van der Waals surface area (Å²) in [4.78, 5) is 17.9. The maximum atomic E-state index is 12.4. The highest BCUT2D eigenvalue weighted by atomic mass is 16.2. The number of rotatable bonds is 2. The fourth-order valence-electron chi connectivity index (χ4n) is 1.74. The lowest BCUT2D eigenvalue weighted by molar-refractivity contribution is 0.0992. The zero-order valence-corrected chi connectivity index (χ0v) is 10.4. The molecule has 0 fully saturated rings. The molecule has 0 unspecified atom stereocenters. The number of nitrogens with zero attached hydrogens (tertiary/aromatic N) is 2. The van der Waals surface area contributed by atoms with Crippen LogP contribution in [0.1, 0.15) is 15.9 Å². The van der Waals surface area contributed by atoms with Crippen molar-refractivity contribution in [3.8, 4) is 0 Å². The van der Waals surface area contributed by atoms with Gasteiger partial charge in [0.05, 0.1) is 0 Å². The van der Waals surface area contributed by atoms with Gasteiger partial charge in [0.1, 0.15) is 0 Å². The summed E-state index contributed by atoms with van der Waals surface area (Å²) in [7, 11) is 1.74. The number of carbonyl (C=O) groups is 1. The molecule has 0 saturated heterocycles. The average Bonchev–Trinajstić information content (AvgIpc) is 2.41. The molecule has 0 bridgehead atoms. The highest BCUT2D eigenvalue weighted by Gasteiger charge is 2.15. The molecule has 1 aromatic heterocycles. The molecule has 4 heteroatoms. The van der Waals surface area contributed by atoms with Crippen molar-refractivity contribution in [3.63, 3.8) is 0 Å². The monoisotopic (exact) mass is 241 g/mol. The molecule has 4 nitrogen and oxygen atoms in total. The van der Waals surface area contributed by atoms with Crippen molar-refractivity contribution in [2.75, 3.05) is 17.7 Å². The van der Waals surface area contributed by atoms with Gasteiger partial charge in [0.25, 0.3) is 5.91 Å². The highest BCUT2D eigenvalue weighted by Crippen LogP contribution is 2.18. The Hall–Kier alpha value is -2.36. The van der Waals surface area contributed by atoms with Crippen molar-refractivity contribution in [2.24, 2.45) is 0 Å². The summed E-state index contributed by atoms with van der Waals surface area (Å²) in [5, 5.41) is 0. The maximum absolute atomic E-state index is 12.4. The first-order valence-electron chi connectivity index (χ1n) is 5.64. The molecule has 1 aromatic carbocycles. The summed E-state index contributed by atoms with van der Waals surface area (Å²) in [6.45, 7) is 1.90. The summed E-state index contributed by atoms with van der Waals surface area (Å²) < 4.78 is 0. The van der Waals surface area contributed by atoms with Gasteiger partial charge in [0, 0.05) is 36.4 Å². The first-order valence-corrected chi connectivity index (χ1v) is 5.64. The van der Waals surface area contributed by atoms with Gasteiger partial charge in [0.15, 0.2) is 0 Å². The van der Waals surface area contributed by atoms with Crippen LogP contribution in [0.25, 0.3) is 0 Å². The minimum absolute atomic E-state index is 0.0778. The van der Waals surface area contributed by atoms with Gasteiger partial charge >= 0.3 is 0 Å². The van der Waals surface area contributed by atoms with E-state index in [1.165, 1.54) is 0 Å². The van der Waals surface area contributed by atoms with Crippen LogP contribution in [0.4, 0.5) is 11.4 Å². The summed E-state index contributed by atoms with van der Waals surface area (Å²) >= 11 is 0. The Morgan fingerprint density at radius 2 is 1.89 bits per heavy atom. The number of nitrogens with two attached hydrogens (primary N) is 1. The van der Waals surface area contributed by atoms with Crippen LogP contribution >= 0.6 is 0 Å². The molecule has 0 aliphatic heterocycles. The number of amides is 1. The van der Waals surface area contributed by atoms with E-state index in [9.17, 15) is 4.79 Å². The summed E-state index contributed by atoms with van der Waals surface area (Å²) in [5.74, 6) is -0.0778. The number of hydrogen-bond donors (Lipinski definition) is 1. The second kappa shape index (κ2) is 4.87. The van der Waals surface area contributed by atoms with Crippen molar-refractivity contribution < 1.29 is 4.79 Å². The first kappa shape index (κ1) is 12.1. The quantitative estimate of drug-likeness (QED) is 0.820. The minimum Gasteiger partial charge on any atom is -0.399 e. The number of anilines is 2. The second-order valence-electron chi connectivity index (χ2n) is 4.14. The van der Waals surface area contributed by atoms with Crippen LogP contribution < -0.4 is 10.6 Å². The molecular formula is C14H15N3O. The lowest BCUT2D eigenvalue weighted by Crippen LogP contribution is -2.27. The van der Waals surface area contributed by atoms with Crippen molar-refractivity contribution in [2.45, 2.75) is 6.92 Å². The van der Waals surface area contributed by atoms with Gasteiger partial charge in [-0.25, -0.2) is 0 Å². The number of aryl methyl sites for hydroxylation is 1. The maximum Gasteiger partial charge on any atom is 0.258 e. The molecule has 2 aromatic rings. The van der Waals surface area contributed by atoms with Crippen LogP contribution in [-0.2, 0) is 0 Å². The molecule has 0 spiro atoms. The van der Waals surface area contributed by atoms with E-state index in [1.54, 1.807) is 48.6 Å². The normalized spacial score (nSPS) is 10.1. The molecule has 2 N–H and O–H groups in total. The number of aromatic nitrogens is 1. The Kier molecular flexibility index (Phi) is 3.28. The Morgan fingerprint density at radius 1 is 1.22 bits per heavy atom. The van der Waals surface area contributed by atoms with Crippen molar-refractivity contribution >= 4 is 17.3 Å². The van der Waals surface area contributed by atoms with Crippen molar-refractivity contribution in [3.05, 3.63) is 53.9 Å². The van der Waals surface area contributed by atoms with Gasteiger partial charge in [-0.2, -0.15) is 0 Å². The topological polar surface area (TPSA) is 59.2 Å². The zero-order chi connectivity index (χ0) is 13.1. The molecule has 0 atom stereocenters. The molecule has 0 aliphatic carbocycles.